The molecular weight excluding hydrogens is 470 g/mol. The molecule has 1 unspecified atom stereocenters. The number of hydrogen-bond acceptors (Lipinski definition) is 6. The zero-order valence-electron chi connectivity index (χ0n) is 22.6. The molecule has 1 atom stereocenters. The van der Waals surface area contributed by atoms with E-state index in [1.165, 1.54) is 5.56 Å². The van der Waals surface area contributed by atoms with Crippen molar-refractivity contribution in [3.8, 4) is 0 Å². The number of anilines is 1. The molecule has 3 heterocycles. The number of amides is 2. The first kappa shape index (κ1) is 27.6. The molecule has 1 aliphatic carbocycles. The highest BCUT2D eigenvalue weighted by Crippen LogP contribution is 2.49. The molecule has 3 aliphatic rings. The number of pyridine rings is 1. The van der Waals surface area contributed by atoms with Crippen LogP contribution in [0.5, 0.6) is 0 Å². The van der Waals surface area contributed by atoms with Crippen molar-refractivity contribution in [1.82, 2.24) is 20.1 Å². The molecule has 1 saturated carbocycles. The monoisotopic (exact) mass is 515 g/mol. The van der Waals surface area contributed by atoms with Gasteiger partial charge in [0.2, 0.25) is 0 Å². The van der Waals surface area contributed by atoms with Gasteiger partial charge >= 0.3 is 12.0 Å². The predicted molar refractivity (Wildman–Crippen MR) is 144 cm³/mol. The standard InChI is InChI=1S/C28H45N5O4/c1-21(2)37-20-19-32(16-4-3-8-23-10-9-22-7-5-15-29-25(22)30-23)18-11-24(26(34)35)31-27(36)33-17-6-12-28(33)13-14-28/h9-10,21,24H,3-8,11-20H2,1-2H3,(H,29,30)(H,31,36)(H,34,35). The Morgan fingerprint density at radius 3 is 2.78 bits per heavy atom. The van der Waals surface area contributed by atoms with Crippen molar-refractivity contribution in [1.29, 1.82) is 0 Å². The van der Waals surface area contributed by atoms with Crippen molar-refractivity contribution in [3.05, 3.63) is 23.4 Å². The van der Waals surface area contributed by atoms with Gasteiger partial charge in [-0.2, -0.15) is 0 Å². The highest BCUT2D eigenvalue weighted by atomic mass is 16.5. The molecule has 37 heavy (non-hydrogen) atoms. The Hall–Kier alpha value is -2.39. The average molecular weight is 516 g/mol. The SMILES string of the molecule is CC(C)OCCN(CCCCc1ccc2c(n1)NCCC2)CCC(NC(=O)N1CCCC12CC2)C(=O)O. The van der Waals surface area contributed by atoms with E-state index in [4.69, 9.17) is 9.72 Å². The normalized spacial score (nSPS) is 18.6. The van der Waals surface area contributed by atoms with Crippen LogP contribution < -0.4 is 10.6 Å². The molecule has 0 aromatic carbocycles. The summed E-state index contributed by atoms with van der Waals surface area (Å²) in [5, 5.41) is 16.0. The van der Waals surface area contributed by atoms with E-state index in [1.807, 2.05) is 18.7 Å². The quantitative estimate of drug-likeness (QED) is 0.325. The van der Waals surface area contributed by atoms with Crippen molar-refractivity contribution in [3.63, 3.8) is 0 Å². The number of rotatable bonds is 14. The molecule has 4 rings (SSSR count). The van der Waals surface area contributed by atoms with Crippen LogP contribution in [0.4, 0.5) is 10.6 Å². The Bertz CT molecular complexity index is 920. The van der Waals surface area contributed by atoms with E-state index >= 15 is 0 Å². The van der Waals surface area contributed by atoms with Crippen molar-refractivity contribution in [2.24, 2.45) is 0 Å². The Labute approximate surface area is 221 Å². The number of ether oxygens (including phenoxy) is 1. The molecule has 9 nitrogen and oxygen atoms in total. The second-order valence-corrected chi connectivity index (χ2v) is 11.2. The number of likely N-dealkylation sites (tertiary alicyclic amines) is 1. The highest BCUT2D eigenvalue weighted by molar-refractivity contribution is 5.83. The molecule has 0 bridgehead atoms. The third-order valence-electron chi connectivity index (χ3n) is 7.97. The van der Waals surface area contributed by atoms with Crippen molar-refractivity contribution >= 4 is 17.8 Å². The molecule has 9 heteroatoms. The minimum atomic E-state index is -0.970. The maximum absolute atomic E-state index is 12.9. The van der Waals surface area contributed by atoms with Gasteiger partial charge in [0.15, 0.2) is 0 Å². The van der Waals surface area contributed by atoms with Crippen LogP contribution in [0, 0.1) is 0 Å². The second-order valence-electron chi connectivity index (χ2n) is 11.2. The largest absolute Gasteiger partial charge is 0.480 e. The van der Waals surface area contributed by atoms with Crippen molar-refractivity contribution in [2.45, 2.75) is 95.7 Å². The Kier molecular flexibility index (Phi) is 9.65. The third kappa shape index (κ3) is 7.80. The number of aliphatic carboxylic acids is 1. The van der Waals surface area contributed by atoms with E-state index in [0.29, 0.717) is 19.6 Å². The van der Waals surface area contributed by atoms with Crippen molar-refractivity contribution < 1.29 is 19.4 Å². The fourth-order valence-corrected chi connectivity index (χ4v) is 5.62. The van der Waals surface area contributed by atoms with Crippen LogP contribution in [0.2, 0.25) is 0 Å². The Balaban J connectivity index is 1.25. The molecule has 1 spiro atoms. The highest BCUT2D eigenvalue weighted by Gasteiger charge is 2.53. The molecule has 2 aliphatic heterocycles. The van der Waals surface area contributed by atoms with E-state index in [-0.39, 0.29) is 17.7 Å². The number of fused-ring (bicyclic) bond motifs is 1. The van der Waals surface area contributed by atoms with E-state index < -0.39 is 12.0 Å². The molecule has 2 fully saturated rings. The van der Waals surface area contributed by atoms with Gasteiger partial charge < -0.3 is 30.3 Å². The van der Waals surface area contributed by atoms with Crippen molar-refractivity contribution in [2.75, 3.05) is 44.6 Å². The minimum absolute atomic E-state index is 0.0102. The number of carbonyl (C=O) groups is 2. The zero-order chi connectivity index (χ0) is 26.3. The molecule has 3 N–H and O–H groups in total. The number of carboxylic acid groups (broad SMARTS) is 1. The smallest absolute Gasteiger partial charge is 0.326 e. The average Bonchev–Trinajstić information content (AvgIpc) is 3.53. The lowest BCUT2D eigenvalue weighted by molar-refractivity contribution is -0.139. The van der Waals surface area contributed by atoms with E-state index in [0.717, 1.165) is 95.5 Å². The van der Waals surface area contributed by atoms with Gasteiger partial charge in [0.05, 0.1) is 12.7 Å². The molecule has 2 amide bonds. The Morgan fingerprint density at radius 2 is 2.03 bits per heavy atom. The summed E-state index contributed by atoms with van der Waals surface area (Å²) in [6.45, 7) is 8.58. The summed E-state index contributed by atoms with van der Waals surface area (Å²) in [5.41, 5.74) is 2.44. The first-order chi connectivity index (χ1) is 17.9. The van der Waals surface area contributed by atoms with Gasteiger partial charge in [-0.05, 0) is 96.2 Å². The number of nitrogens with one attached hydrogen (secondary N) is 2. The molecule has 1 aromatic heterocycles. The summed E-state index contributed by atoms with van der Waals surface area (Å²) in [6.07, 6.45) is 9.86. The first-order valence-electron chi connectivity index (χ1n) is 14.2. The van der Waals surface area contributed by atoms with E-state index in [1.54, 1.807) is 0 Å². The van der Waals surface area contributed by atoms with E-state index in [9.17, 15) is 14.7 Å². The lowest BCUT2D eigenvalue weighted by Gasteiger charge is -2.28. The van der Waals surface area contributed by atoms with Gasteiger partial charge in [-0.3, -0.25) is 0 Å². The van der Waals surface area contributed by atoms with Crippen LogP contribution in [-0.4, -0.2) is 88.9 Å². The summed E-state index contributed by atoms with van der Waals surface area (Å²) >= 11 is 0. The third-order valence-corrected chi connectivity index (χ3v) is 7.97. The van der Waals surface area contributed by atoms with Gasteiger partial charge in [-0.1, -0.05) is 6.07 Å². The van der Waals surface area contributed by atoms with Gasteiger partial charge in [-0.15, -0.1) is 0 Å². The fraction of sp³-hybridized carbons (Fsp3) is 0.750. The van der Waals surface area contributed by atoms with Gasteiger partial charge in [0.25, 0.3) is 0 Å². The van der Waals surface area contributed by atoms with Crippen LogP contribution >= 0.6 is 0 Å². The number of carboxylic acids is 1. The number of aromatic nitrogens is 1. The number of hydrogen-bond donors (Lipinski definition) is 3. The minimum Gasteiger partial charge on any atom is -0.480 e. The fourth-order valence-electron chi connectivity index (χ4n) is 5.62. The lowest BCUT2D eigenvalue weighted by atomic mass is 10.1. The second kappa shape index (κ2) is 12.9. The summed E-state index contributed by atoms with van der Waals surface area (Å²) in [4.78, 5) is 33.8. The van der Waals surface area contributed by atoms with Crippen LogP contribution in [0.1, 0.15) is 76.5 Å². The topological polar surface area (TPSA) is 107 Å². The molecule has 1 aromatic rings. The van der Waals surface area contributed by atoms with Crippen LogP contribution in [0.15, 0.2) is 12.1 Å². The number of carbonyl (C=O) groups excluding carboxylic acids is 1. The van der Waals surface area contributed by atoms with Crippen LogP contribution in [0.3, 0.4) is 0 Å². The summed E-state index contributed by atoms with van der Waals surface area (Å²) in [7, 11) is 0. The first-order valence-corrected chi connectivity index (χ1v) is 14.2. The Morgan fingerprint density at radius 1 is 1.19 bits per heavy atom. The van der Waals surface area contributed by atoms with Gasteiger partial charge in [0.1, 0.15) is 11.9 Å². The molecule has 206 valence electrons. The van der Waals surface area contributed by atoms with Crippen LogP contribution in [-0.2, 0) is 22.4 Å². The number of unbranched alkanes of at least 4 members (excludes halogenated alkanes) is 1. The summed E-state index contributed by atoms with van der Waals surface area (Å²) < 4.78 is 5.77. The molecule has 1 saturated heterocycles. The number of nitrogens with zero attached hydrogens (tertiary/aromatic N) is 3. The molecule has 0 radical (unpaired) electrons. The van der Waals surface area contributed by atoms with Gasteiger partial charge in [-0.25, -0.2) is 14.6 Å². The summed E-state index contributed by atoms with van der Waals surface area (Å²) in [5.74, 6) is 0.0716. The zero-order valence-corrected chi connectivity index (χ0v) is 22.6. The number of aryl methyl sites for hydroxylation is 2. The summed E-state index contributed by atoms with van der Waals surface area (Å²) in [6, 6.07) is 3.24. The predicted octanol–water partition coefficient (Wildman–Crippen LogP) is 3.67. The number of urea groups is 1. The van der Waals surface area contributed by atoms with Crippen LogP contribution in [0.25, 0.3) is 0 Å². The maximum atomic E-state index is 12.9. The van der Waals surface area contributed by atoms with E-state index in [2.05, 4.69) is 27.7 Å². The maximum Gasteiger partial charge on any atom is 0.326 e. The lowest BCUT2D eigenvalue weighted by Crippen LogP contribution is -2.51. The van der Waals surface area contributed by atoms with Gasteiger partial charge in [0, 0.05) is 37.4 Å². The molecular formula is C28H45N5O4.